The van der Waals surface area contributed by atoms with Crippen molar-refractivity contribution >= 4 is 38.9 Å². The summed E-state index contributed by atoms with van der Waals surface area (Å²) in [6.07, 6.45) is 0. The Morgan fingerprint density at radius 1 is 1.45 bits per heavy atom. The molecule has 0 saturated heterocycles. The Morgan fingerprint density at radius 2 is 2.20 bits per heavy atom. The molecule has 1 atom stereocenters. The van der Waals surface area contributed by atoms with Crippen molar-refractivity contribution < 1.29 is 4.39 Å². The van der Waals surface area contributed by atoms with Gasteiger partial charge in [-0.1, -0.05) is 17.7 Å². The third kappa shape index (κ3) is 3.80. The van der Waals surface area contributed by atoms with Crippen LogP contribution >= 0.6 is 38.9 Å². The van der Waals surface area contributed by atoms with Gasteiger partial charge in [-0.15, -0.1) is 11.3 Å². The molecule has 1 aromatic carbocycles. The van der Waals surface area contributed by atoms with Gasteiger partial charge in [-0.3, -0.25) is 4.90 Å². The highest BCUT2D eigenvalue weighted by Gasteiger charge is 2.19. The predicted molar refractivity (Wildman–Crippen MR) is 86.7 cm³/mol. The van der Waals surface area contributed by atoms with E-state index in [-0.39, 0.29) is 11.9 Å². The molecule has 6 heteroatoms. The zero-order chi connectivity index (χ0) is 14.7. The Kier molecular flexibility index (Phi) is 5.57. The van der Waals surface area contributed by atoms with Gasteiger partial charge < -0.3 is 5.73 Å². The Morgan fingerprint density at radius 3 is 2.75 bits per heavy atom. The fourth-order valence-corrected chi connectivity index (χ4v) is 3.78. The van der Waals surface area contributed by atoms with Crippen molar-refractivity contribution in [3.05, 3.63) is 55.4 Å². The van der Waals surface area contributed by atoms with E-state index in [2.05, 4.69) is 22.0 Å². The van der Waals surface area contributed by atoms with Crippen molar-refractivity contribution in [2.75, 3.05) is 13.6 Å². The van der Waals surface area contributed by atoms with E-state index in [0.29, 0.717) is 17.1 Å². The molecule has 0 aliphatic rings. The molecular weight excluding hydrogens is 363 g/mol. The molecule has 108 valence electrons. The van der Waals surface area contributed by atoms with Crippen molar-refractivity contribution in [2.24, 2.45) is 5.73 Å². The number of halogens is 3. The quantitative estimate of drug-likeness (QED) is 0.835. The van der Waals surface area contributed by atoms with Gasteiger partial charge in [0.05, 0.1) is 0 Å². The molecule has 0 bridgehead atoms. The second-order valence-electron chi connectivity index (χ2n) is 4.56. The molecule has 1 heterocycles. The average Bonchev–Trinajstić information content (AvgIpc) is 2.78. The summed E-state index contributed by atoms with van der Waals surface area (Å²) in [5, 5.41) is 2.43. The Labute approximate surface area is 135 Å². The number of rotatable bonds is 5. The van der Waals surface area contributed by atoms with Crippen LogP contribution in [0.4, 0.5) is 4.39 Å². The van der Waals surface area contributed by atoms with Crippen LogP contribution in [0.3, 0.4) is 0 Å². The first kappa shape index (κ1) is 15.9. The summed E-state index contributed by atoms with van der Waals surface area (Å²) >= 11 is 10.9. The van der Waals surface area contributed by atoms with Crippen LogP contribution in [-0.4, -0.2) is 18.5 Å². The first-order valence-electron chi connectivity index (χ1n) is 6.09. The van der Waals surface area contributed by atoms with Gasteiger partial charge in [-0.25, -0.2) is 4.39 Å². The summed E-state index contributed by atoms with van der Waals surface area (Å²) in [6, 6.07) is 6.61. The van der Waals surface area contributed by atoms with Crippen LogP contribution in [0.15, 0.2) is 34.1 Å². The van der Waals surface area contributed by atoms with Gasteiger partial charge in [0.2, 0.25) is 0 Å². The van der Waals surface area contributed by atoms with Gasteiger partial charge in [0.25, 0.3) is 0 Å². The van der Waals surface area contributed by atoms with Gasteiger partial charge in [0, 0.05) is 44.4 Å². The molecule has 0 aliphatic heterocycles. The number of likely N-dealkylation sites (N-methyl/N-ethyl adjacent to an activating group) is 1. The van der Waals surface area contributed by atoms with E-state index < -0.39 is 0 Å². The van der Waals surface area contributed by atoms with Crippen LogP contribution in [0.1, 0.15) is 16.5 Å². The van der Waals surface area contributed by atoms with Crippen LogP contribution in [0.25, 0.3) is 0 Å². The van der Waals surface area contributed by atoms with Gasteiger partial charge in [0.15, 0.2) is 0 Å². The summed E-state index contributed by atoms with van der Waals surface area (Å²) < 4.78 is 15.1. The fraction of sp³-hybridized carbons (Fsp3) is 0.286. The molecule has 2 nitrogen and oxygen atoms in total. The van der Waals surface area contributed by atoms with E-state index in [4.69, 9.17) is 17.3 Å². The molecule has 0 spiro atoms. The van der Waals surface area contributed by atoms with Crippen LogP contribution in [0, 0.1) is 5.82 Å². The standard InChI is InChI=1S/C14H15BrClFN2S/c1-19(7-11-4-9(15)8-20-11)14(6-18)12-3-2-10(16)5-13(12)17/h2-5,8,14H,6-7,18H2,1H3. The second-order valence-corrected chi connectivity index (χ2v) is 6.91. The van der Waals surface area contributed by atoms with E-state index in [1.54, 1.807) is 23.5 Å². The van der Waals surface area contributed by atoms with Crippen molar-refractivity contribution in [3.63, 3.8) is 0 Å². The Bertz CT molecular complexity index is 590. The van der Waals surface area contributed by atoms with Crippen LogP contribution in [0.5, 0.6) is 0 Å². The first-order valence-corrected chi connectivity index (χ1v) is 8.14. The number of benzene rings is 1. The van der Waals surface area contributed by atoms with E-state index >= 15 is 0 Å². The lowest BCUT2D eigenvalue weighted by Gasteiger charge is -2.27. The minimum atomic E-state index is -0.313. The number of hydrogen-bond acceptors (Lipinski definition) is 3. The van der Waals surface area contributed by atoms with Crippen LogP contribution in [-0.2, 0) is 6.54 Å². The van der Waals surface area contributed by atoms with E-state index in [1.165, 1.54) is 10.9 Å². The lowest BCUT2D eigenvalue weighted by Crippen LogP contribution is -2.30. The fourth-order valence-electron chi connectivity index (χ4n) is 2.11. The smallest absolute Gasteiger partial charge is 0.129 e. The number of nitrogens with two attached hydrogens (primary N) is 1. The molecule has 2 aromatic rings. The lowest BCUT2D eigenvalue weighted by molar-refractivity contribution is 0.238. The number of nitrogens with zero attached hydrogens (tertiary/aromatic N) is 1. The second kappa shape index (κ2) is 7.00. The molecule has 2 rings (SSSR count). The summed E-state index contributed by atoms with van der Waals surface area (Å²) in [4.78, 5) is 3.25. The topological polar surface area (TPSA) is 29.3 Å². The maximum Gasteiger partial charge on any atom is 0.129 e. The lowest BCUT2D eigenvalue weighted by atomic mass is 10.0. The van der Waals surface area contributed by atoms with Crippen molar-refractivity contribution in [1.29, 1.82) is 0 Å². The van der Waals surface area contributed by atoms with E-state index in [0.717, 1.165) is 11.0 Å². The molecule has 1 unspecified atom stereocenters. The third-order valence-corrected chi connectivity index (χ3v) is 5.02. The minimum Gasteiger partial charge on any atom is -0.329 e. The Hall–Kier alpha value is -0.460. The van der Waals surface area contributed by atoms with E-state index in [1.807, 2.05) is 17.3 Å². The highest BCUT2D eigenvalue weighted by Crippen LogP contribution is 2.27. The number of hydrogen-bond donors (Lipinski definition) is 1. The summed E-state index contributed by atoms with van der Waals surface area (Å²) in [5.74, 6) is -0.313. The average molecular weight is 378 g/mol. The van der Waals surface area contributed by atoms with Crippen molar-refractivity contribution in [2.45, 2.75) is 12.6 Å². The molecule has 0 amide bonds. The summed E-state index contributed by atoms with van der Waals surface area (Å²) in [5.41, 5.74) is 6.40. The minimum absolute atomic E-state index is 0.173. The van der Waals surface area contributed by atoms with Crippen LogP contribution < -0.4 is 5.73 Å². The SMILES string of the molecule is CN(Cc1cc(Br)cs1)C(CN)c1ccc(Cl)cc1F. The van der Waals surface area contributed by atoms with E-state index in [9.17, 15) is 4.39 Å². The summed E-state index contributed by atoms with van der Waals surface area (Å²) in [7, 11) is 1.94. The van der Waals surface area contributed by atoms with Crippen LogP contribution in [0.2, 0.25) is 5.02 Å². The van der Waals surface area contributed by atoms with Gasteiger partial charge in [-0.05, 0) is 41.2 Å². The largest absolute Gasteiger partial charge is 0.329 e. The zero-order valence-electron chi connectivity index (χ0n) is 10.9. The predicted octanol–water partition coefficient (Wildman–Crippen LogP) is 4.43. The molecule has 0 radical (unpaired) electrons. The number of thiophene rings is 1. The molecule has 1 aromatic heterocycles. The molecular formula is C14H15BrClFN2S. The maximum atomic E-state index is 14.0. The molecule has 0 saturated carbocycles. The van der Waals surface area contributed by atoms with Crippen molar-refractivity contribution in [1.82, 2.24) is 4.90 Å². The van der Waals surface area contributed by atoms with Gasteiger partial charge >= 0.3 is 0 Å². The van der Waals surface area contributed by atoms with Gasteiger partial charge in [0.1, 0.15) is 5.82 Å². The Balaban J connectivity index is 2.18. The maximum absolute atomic E-state index is 14.0. The summed E-state index contributed by atoms with van der Waals surface area (Å²) in [6.45, 7) is 1.07. The molecule has 0 aliphatic carbocycles. The molecule has 20 heavy (non-hydrogen) atoms. The highest BCUT2D eigenvalue weighted by molar-refractivity contribution is 9.10. The first-order chi connectivity index (χ1) is 9.51. The zero-order valence-corrected chi connectivity index (χ0v) is 14.1. The monoisotopic (exact) mass is 376 g/mol. The highest BCUT2D eigenvalue weighted by atomic mass is 79.9. The third-order valence-electron chi connectivity index (χ3n) is 3.10. The molecule has 2 N–H and O–H groups in total. The normalized spacial score (nSPS) is 12.9. The molecule has 0 fully saturated rings. The van der Waals surface area contributed by atoms with Crippen molar-refractivity contribution in [3.8, 4) is 0 Å². The van der Waals surface area contributed by atoms with Gasteiger partial charge in [-0.2, -0.15) is 0 Å².